The summed E-state index contributed by atoms with van der Waals surface area (Å²) in [5, 5.41) is 4.67. The van der Waals surface area contributed by atoms with Gasteiger partial charge in [0.05, 0.1) is 34.3 Å². The molecule has 0 radical (unpaired) electrons. The number of rotatable bonds is 9. The second kappa shape index (κ2) is 19.0. The molecule has 78 heavy (non-hydrogen) atoms. The van der Waals surface area contributed by atoms with Gasteiger partial charge < -0.3 is 9.13 Å². The largest absolute Gasteiger partial charge is 0.309 e. The van der Waals surface area contributed by atoms with E-state index in [1.54, 1.807) is 0 Å². The molecule has 3 heterocycles. The molecule has 0 amide bonds. The van der Waals surface area contributed by atoms with Gasteiger partial charge in [-0.1, -0.05) is 199 Å². The molecule has 3 aromatic heterocycles. The highest BCUT2D eigenvalue weighted by atomic mass is 15.0. The second-order valence-electron chi connectivity index (χ2n) is 20.1. The summed E-state index contributed by atoms with van der Waals surface area (Å²) in [4.78, 5) is 19.7. The van der Waals surface area contributed by atoms with E-state index in [0.717, 1.165) is 88.7 Å². The van der Waals surface area contributed by atoms with Crippen molar-refractivity contribution in [3.63, 3.8) is 0 Å². The Hall–Kier alpha value is -10.5. The third-order valence-electron chi connectivity index (χ3n) is 15.2. The van der Waals surface area contributed by atoms with Crippen LogP contribution in [0.25, 0.3) is 139 Å². The van der Waals surface area contributed by atoms with E-state index in [0.29, 0.717) is 23.2 Å². The Bertz CT molecular complexity index is 4600. The lowest BCUT2D eigenvalue weighted by Crippen LogP contribution is -2.04. The molecule has 0 fully saturated rings. The van der Waals surface area contributed by atoms with Crippen LogP contribution >= 0.6 is 0 Å². The standard InChI is InChI=1S/C72H48N6/c1-46-22-26-48(27-23-46)53-32-39-67-62(42-53)58-18-10-12-20-65(58)77(67)57-37-38-60(72-75-70(51-14-6-4-7-15-51)74-71(76-72)52-16-8-5-9-17-52)61(45-57)64-44-55(50-30-35-56(73-3)36-31-50)34-41-69(64)78-66-21-13-11-19-59(66)63-43-54(33-40-68(63)78)49-28-24-47(2)25-29-49/h4-45H,1-2H3. The first-order chi connectivity index (χ1) is 38.4. The van der Waals surface area contributed by atoms with Crippen molar-refractivity contribution >= 4 is 49.3 Å². The van der Waals surface area contributed by atoms with Gasteiger partial charge in [-0.15, -0.1) is 0 Å². The topological polar surface area (TPSA) is 52.9 Å². The maximum Gasteiger partial charge on any atom is 0.187 e. The van der Waals surface area contributed by atoms with Crippen LogP contribution < -0.4 is 0 Å². The lowest BCUT2D eigenvalue weighted by Gasteiger charge is -2.20. The average molecular weight is 997 g/mol. The fraction of sp³-hybridized carbons (Fsp3) is 0.0278. The van der Waals surface area contributed by atoms with E-state index in [1.807, 2.05) is 60.7 Å². The SMILES string of the molecule is [C-]#[N+]c1ccc(-c2ccc(-n3c4ccccc4c4cc(-c5ccc(C)cc5)ccc43)c(-c3cc(-n4c5ccccc5c5cc(-c6ccc(C)cc6)ccc54)ccc3-c3nc(-c4ccccc4)nc(-c4ccccc4)n3)c2)cc1. The number of benzene rings is 11. The third-order valence-corrected chi connectivity index (χ3v) is 15.2. The summed E-state index contributed by atoms with van der Waals surface area (Å²) in [5.74, 6) is 1.72. The van der Waals surface area contributed by atoms with Gasteiger partial charge in [0.15, 0.2) is 23.2 Å². The maximum absolute atomic E-state index is 7.76. The second-order valence-corrected chi connectivity index (χ2v) is 20.1. The van der Waals surface area contributed by atoms with Gasteiger partial charge in [0.2, 0.25) is 0 Å². The normalized spacial score (nSPS) is 11.4. The number of nitrogens with zero attached hydrogens (tertiary/aromatic N) is 6. The van der Waals surface area contributed by atoms with Gasteiger partial charge in [0.25, 0.3) is 0 Å². The van der Waals surface area contributed by atoms with Crippen LogP contribution in [0.15, 0.2) is 255 Å². The molecule has 11 aromatic carbocycles. The molecule has 366 valence electrons. The zero-order chi connectivity index (χ0) is 52.3. The Morgan fingerprint density at radius 3 is 1.29 bits per heavy atom. The number of aryl methyl sites for hydroxylation is 2. The smallest absolute Gasteiger partial charge is 0.187 e. The van der Waals surface area contributed by atoms with Crippen molar-refractivity contribution in [1.29, 1.82) is 0 Å². The van der Waals surface area contributed by atoms with Crippen molar-refractivity contribution in [2.24, 2.45) is 0 Å². The van der Waals surface area contributed by atoms with Gasteiger partial charge in [-0.05, 0) is 120 Å². The lowest BCUT2D eigenvalue weighted by atomic mass is 9.93. The molecule has 0 spiro atoms. The van der Waals surface area contributed by atoms with Crippen molar-refractivity contribution in [2.45, 2.75) is 13.8 Å². The lowest BCUT2D eigenvalue weighted by molar-refractivity contribution is 1.07. The molecule has 0 aliphatic carbocycles. The Balaban J connectivity index is 1.08. The van der Waals surface area contributed by atoms with Crippen LogP contribution in [0.5, 0.6) is 0 Å². The van der Waals surface area contributed by atoms with E-state index in [9.17, 15) is 0 Å². The zero-order valence-corrected chi connectivity index (χ0v) is 42.9. The molecule has 0 atom stereocenters. The first-order valence-corrected chi connectivity index (χ1v) is 26.3. The Labute approximate surface area is 452 Å². The van der Waals surface area contributed by atoms with Crippen LogP contribution in [0.2, 0.25) is 0 Å². The monoisotopic (exact) mass is 996 g/mol. The van der Waals surface area contributed by atoms with Crippen molar-refractivity contribution in [2.75, 3.05) is 0 Å². The van der Waals surface area contributed by atoms with Gasteiger partial charge >= 0.3 is 0 Å². The Morgan fingerprint density at radius 2 is 0.744 bits per heavy atom. The van der Waals surface area contributed by atoms with Crippen LogP contribution in [0, 0.1) is 20.4 Å². The summed E-state index contributed by atoms with van der Waals surface area (Å²) >= 11 is 0. The quantitative estimate of drug-likeness (QED) is 0.135. The molecule has 14 rings (SSSR count). The fourth-order valence-corrected chi connectivity index (χ4v) is 11.2. The summed E-state index contributed by atoms with van der Waals surface area (Å²) in [6, 6.07) is 90.4. The third kappa shape index (κ3) is 8.10. The molecule has 0 N–H and O–H groups in total. The van der Waals surface area contributed by atoms with E-state index in [2.05, 4.69) is 222 Å². The minimum Gasteiger partial charge on any atom is -0.309 e. The fourth-order valence-electron chi connectivity index (χ4n) is 11.2. The molecule has 0 saturated heterocycles. The van der Waals surface area contributed by atoms with Gasteiger partial charge in [-0.3, -0.25) is 0 Å². The Morgan fingerprint density at radius 1 is 0.308 bits per heavy atom. The summed E-state index contributed by atoms with van der Waals surface area (Å²) in [7, 11) is 0. The highest BCUT2D eigenvalue weighted by molar-refractivity contribution is 6.12. The first-order valence-electron chi connectivity index (χ1n) is 26.3. The van der Waals surface area contributed by atoms with Gasteiger partial charge in [0.1, 0.15) is 0 Å². The maximum atomic E-state index is 7.76. The van der Waals surface area contributed by atoms with E-state index < -0.39 is 0 Å². The van der Waals surface area contributed by atoms with Crippen molar-refractivity contribution < 1.29 is 0 Å². The van der Waals surface area contributed by atoms with E-state index in [1.165, 1.54) is 38.6 Å². The molecule has 6 heteroatoms. The predicted molar refractivity (Wildman–Crippen MR) is 322 cm³/mol. The minimum absolute atomic E-state index is 0.553. The first kappa shape index (κ1) is 46.1. The van der Waals surface area contributed by atoms with Crippen molar-refractivity contribution in [3.8, 4) is 90.0 Å². The molecular formula is C72H48N6. The van der Waals surface area contributed by atoms with Crippen LogP contribution in [-0.4, -0.2) is 24.1 Å². The van der Waals surface area contributed by atoms with Gasteiger partial charge in [-0.2, -0.15) is 0 Å². The molecular weight excluding hydrogens is 949 g/mol. The van der Waals surface area contributed by atoms with Gasteiger partial charge in [0, 0.05) is 49.5 Å². The molecule has 14 aromatic rings. The number of para-hydroxylation sites is 2. The van der Waals surface area contributed by atoms with Crippen LogP contribution in [0.3, 0.4) is 0 Å². The number of hydrogen-bond donors (Lipinski definition) is 0. The summed E-state index contributed by atoms with van der Waals surface area (Å²) < 4.78 is 4.82. The molecule has 0 unspecified atom stereocenters. The summed E-state index contributed by atoms with van der Waals surface area (Å²) in [5.41, 5.74) is 20.7. The van der Waals surface area contributed by atoms with Crippen molar-refractivity contribution in [3.05, 3.63) is 277 Å². The van der Waals surface area contributed by atoms with Gasteiger partial charge in [-0.25, -0.2) is 19.8 Å². The summed E-state index contributed by atoms with van der Waals surface area (Å²) in [6.45, 7) is 12.0. The van der Waals surface area contributed by atoms with E-state index >= 15 is 0 Å². The molecule has 0 saturated carbocycles. The number of aromatic nitrogens is 5. The zero-order valence-electron chi connectivity index (χ0n) is 42.9. The minimum atomic E-state index is 0.553. The highest BCUT2D eigenvalue weighted by Crippen LogP contribution is 2.45. The molecule has 0 aliphatic heterocycles. The van der Waals surface area contributed by atoms with Crippen LogP contribution in [0.4, 0.5) is 5.69 Å². The molecule has 6 nitrogen and oxygen atoms in total. The van der Waals surface area contributed by atoms with Crippen LogP contribution in [-0.2, 0) is 0 Å². The molecule has 0 bridgehead atoms. The van der Waals surface area contributed by atoms with Crippen molar-refractivity contribution in [1.82, 2.24) is 24.1 Å². The number of hydrogen-bond acceptors (Lipinski definition) is 3. The van der Waals surface area contributed by atoms with Crippen LogP contribution in [0.1, 0.15) is 11.1 Å². The number of fused-ring (bicyclic) bond motifs is 6. The predicted octanol–water partition coefficient (Wildman–Crippen LogP) is 18.9. The average Bonchev–Trinajstić information content (AvgIpc) is 4.20. The summed E-state index contributed by atoms with van der Waals surface area (Å²) in [6.07, 6.45) is 0. The molecule has 0 aliphatic rings. The highest BCUT2D eigenvalue weighted by Gasteiger charge is 2.24. The van der Waals surface area contributed by atoms with E-state index in [4.69, 9.17) is 21.5 Å². The Kier molecular flexibility index (Phi) is 11.2. The van der Waals surface area contributed by atoms with E-state index in [-0.39, 0.29) is 0 Å².